The van der Waals surface area contributed by atoms with Crippen molar-refractivity contribution < 1.29 is 14.8 Å². The minimum atomic E-state index is -0.613. The Kier molecular flexibility index (Phi) is 6.36. The van der Waals surface area contributed by atoms with Crippen LogP contribution in [0.1, 0.15) is 17.3 Å². The number of nitrogens with one attached hydrogen (secondary N) is 1. The third-order valence-electron chi connectivity index (χ3n) is 2.95. The van der Waals surface area contributed by atoms with Crippen LogP contribution in [0.2, 0.25) is 0 Å². The molecule has 0 aliphatic rings. The van der Waals surface area contributed by atoms with Crippen molar-refractivity contribution in [2.45, 2.75) is 6.92 Å². The first kappa shape index (κ1) is 16.7. The van der Waals surface area contributed by atoms with Gasteiger partial charge in [0.1, 0.15) is 0 Å². The minimum absolute atomic E-state index is 0.0107. The minimum Gasteiger partial charge on any atom is -0.378 e. The zero-order valence-corrected chi connectivity index (χ0v) is 12.4. The molecule has 0 unspecified atom stereocenters. The number of anilines is 1. The van der Waals surface area contributed by atoms with Gasteiger partial charge in [-0.3, -0.25) is 14.8 Å². The standard InChI is InChI=1S/C16H20N2O3/c1-12(6-4-5-7-15(19)17-21)16(20)13-8-10-14(11-9-13)18(2)3/h4-12,21H,1-3H3,(H,17,19)/b6-4+,7-5+/t12-/m1/s1. The quantitative estimate of drug-likeness (QED) is 0.277. The van der Waals surface area contributed by atoms with E-state index in [-0.39, 0.29) is 11.7 Å². The van der Waals surface area contributed by atoms with Crippen LogP contribution in [-0.2, 0) is 4.79 Å². The van der Waals surface area contributed by atoms with Gasteiger partial charge in [-0.1, -0.05) is 25.2 Å². The van der Waals surface area contributed by atoms with E-state index in [0.717, 1.165) is 5.69 Å². The van der Waals surface area contributed by atoms with E-state index in [9.17, 15) is 9.59 Å². The predicted molar refractivity (Wildman–Crippen MR) is 82.5 cm³/mol. The summed E-state index contributed by atoms with van der Waals surface area (Å²) < 4.78 is 0. The summed E-state index contributed by atoms with van der Waals surface area (Å²) in [6, 6.07) is 7.40. The van der Waals surface area contributed by atoms with Crippen molar-refractivity contribution in [3.05, 3.63) is 54.1 Å². The molecule has 0 aliphatic carbocycles. The first-order chi connectivity index (χ1) is 9.95. The Bertz CT molecular complexity index is 545. The number of allylic oxidation sites excluding steroid dienone is 3. The van der Waals surface area contributed by atoms with Gasteiger partial charge in [-0.15, -0.1) is 0 Å². The van der Waals surface area contributed by atoms with Crippen molar-refractivity contribution in [3.63, 3.8) is 0 Å². The molecule has 5 heteroatoms. The fourth-order valence-corrected chi connectivity index (χ4v) is 1.69. The van der Waals surface area contributed by atoms with E-state index >= 15 is 0 Å². The number of benzene rings is 1. The van der Waals surface area contributed by atoms with E-state index in [1.54, 1.807) is 31.2 Å². The van der Waals surface area contributed by atoms with Crippen molar-refractivity contribution >= 4 is 17.4 Å². The maximum Gasteiger partial charge on any atom is 0.267 e. The summed E-state index contributed by atoms with van der Waals surface area (Å²) in [5.41, 5.74) is 3.17. The van der Waals surface area contributed by atoms with Gasteiger partial charge >= 0.3 is 0 Å². The number of rotatable bonds is 6. The number of amides is 1. The lowest BCUT2D eigenvalue weighted by Crippen LogP contribution is -2.14. The summed E-state index contributed by atoms with van der Waals surface area (Å²) >= 11 is 0. The lowest BCUT2D eigenvalue weighted by Gasteiger charge is -2.13. The second-order valence-electron chi connectivity index (χ2n) is 4.81. The lowest BCUT2D eigenvalue weighted by atomic mass is 9.98. The number of carbonyl (C=O) groups is 2. The molecule has 1 atom stereocenters. The highest BCUT2D eigenvalue weighted by molar-refractivity contribution is 5.99. The summed E-state index contributed by atoms with van der Waals surface area (Å²) in [5.74, 6) is -0.897. The van der Waals surface area contributed by atoms with Crippen LogP contribution in [0.3, 0.4) is 0 Å². The molecule has 1 amide bonds. The molecule has 0 aromatic heterocycles. The van der Waals surface area contributed by atoms with Crippen molar-refractivity contribution in [3.8, 4) is 0 Å². The van der Waals surface area contributed by atoms with Gasteiger partial charge in [0, 0.05) is 37.3 Å². The number of hydrogen-bond acceptors (Lipinski definition) is 4. The van der Waals surface area contributed by atoms with E-state index in [1.165, 1.54) is 17.6 Å². The van der Waals surface area contributed by atoms with Gasteiger partial charge in [0.2, 0.25) is 0 Å². The third-order valence-corrected chi connectivity index (χ3v) is 2.95. The number of nitrogens with zero attached hydrogens (tertiary/aromatic N) is 1. The van der Waals surface area contributed by atoms with Gasteiger partial charge in [-0.05, 0) is 24.3 Å². The van der Waals surface area contributed by atoms with E-state index < -0.39 is 5.91 Å². The van der Waals surface area contributed by atoms with Gasteiger partial charge in [0.15, 0.2) is 5.78 Å². The van der Waals surface area contributed by atoms with Gasteiger partial charge in [-0.25, -0.2) is 5.48 Å². The fraction of sp³-hybridized carbons (Fsp3) is 0.250. The second kappa shape index (κ2) is 8.01. The number of ketones is 1. The number of Topliss-reactive ketones (excluding diaryl/α,β-unsaturated/α-hetero) is 1. The first-order valence-corrected chi connectivity index (χ1v) is 6.56. The van der Waals surface area contributed by atoms with Crippen LogP contribution < -0.4 is 10.4 Å². The molecular weight excluding hydrogens is 268 g/mol. The van der Waals surface area contributed by atoms with Crippen LogP contribution in [0.15, 0.2) is 48.6 Å². The summed E-state index contributed by atoms with van der Waals surface area (Å²) in [7, 11) is 3.88. The highest BCUT2D eigenvalue weighted by atomic mass is 16.5. The second-order valence-corrected chi connectivity index (χ2v) is 4.81. The van der Waals surface area contributed by atoms with Gasteiger partial charge in [0.05, 0.1) is 0 Å². The maximum absolute atomic E-state index is 12.2. The van der Waals surface area contributed by atoms with Gasteiger partial charge < -0.3 is 4.90 Å². The molecular formula is C16H20N2O3. The van der Waals surface area contributed by atoms with E-state index in [2.05, 4.69) is 0 Å². The monoisotopic (exact) mass is 288 g/mol. The number of hydrogen-bond donors (Lipinski definition) is 2. The summed E-state index contributed by atoms with van der Waals surface area (Å²) in [6.07, 6.45) is 5.93. The normalized spacial score (nSPS) is 12.6. The molecule has 0 saturated carbocycles. The predicted octanol–water partition coefficient (Wildman–Crippen LogP) is 2.19. The molecule has 0 spiro atoms. The average molecular weight is 288 g/mol. The van der Waals surface area contributed by atoms with Gasteiger partial charge in [0.25, 0.3) is 5.91 Å². The molecule has 112 valence electrons. The van der Waals surface area contributed by atoms with E-state index in [0.29, 0.717) is 5.56 Å². The van der Waals surface area contributed by atoms with Crippen LogP contribution in [-0.4, -0.2) is 31.0 Å². The highest BCUT2D eigenvalue weighted by Crippen LogP contribution is 2.15. The summed E-state index contributed by atoms with van der Waals surface area (Å²) in [5, 5.41) is 8.31. The maximum atomic E-state index is 12.2. The molecule has 0 radical (unpaired) electrons. The average Bonchev–Trinajstić information content (AvgIpc) is 2.50. The largest absolute Gasteiger partial charge is 0.378 e. The Morgan fingerprint density at radius 3 is 2.33 bits per heavy atom. The summed E-state index contributed by atoms with van der Waals surface area (Å²) in [6.45, 7) is 1.79. The van der Waals surface area contributed by atoms with Gasteiger partial charge in [-0.2, -0.15) is 0 Å². The summed E-state index contributed by atoms with van der Waals surface area (Å²) in [4.78, 5) is 24.9. The van der Waals surface area contributed by atoms with Crippen molar-refractivity contribution in [1.82, 2.24) is 5.48 Å². The smallest absolute Gasteiger partial charge is 0.267 e. The van der Waals surface area contributed by atoms with Crippen molar-refractivity contribution in [2.24, 2.45) is 5.92 Å². The molecule has 1 aromatic rings. The van der Waals surface area contributed by atoms with Crippen LogP contribution in [0, 0.1) is 5.92 Å². The Labute approximate surface area is 124 Å². The highest BCUT2D eigenvalue weighted by Gasteiger charge is 2.12. The molecule has 0 heterocycles. The Morgan fingerprint density at radius 1 is 1.19 bits per heavy atom. The Hall–Kier alpha value is -2.40. The van der Waals surface area contributed by atoms with Crippen LogP contribution in [0.4, 0.5) is 5.69 Å². The molecule has 5 nitrogen and oxygen atoms in total. The molecule has 1 aromatic carbocycles. The first-order valence-electron chi connectivity index (χ1n) is 6.56. The topological polar surface area (TPSA) is 69.6 Å². The molecule has 0 aliphatic heterocycles. The number of hydroxylamine groups is 1. The third kappa shape index (κ3) is 5.24. The zero-order valence-electron chi connectivity index (χ0n) is 12.4. The van der Waals surface area contributed by atoms with Crippen LogP contribution in [0.25, 0.3) is 0 Å². The Balaban J connectivity index is 2.67. The lowest BCUT2D eigenvalue weighted by molar-refractivity contribution is -0.124. The zero-order chi connectivity index (χ0) is 15.8. The SMILES string of the molecule is C[C@H](/C=C/C=C/C(=O)NO)C(=O)c1ccc(N(C)C)cc1. The molecule has 1 rings (SSSR count). The van der Waals surface area contributed by atoms with Crippen molar-refractivity contribution in [2.75, 3.05) is 19.0 Å². The van der Waals surface area contributed by atoms with E-state index in [4.69, 9.17) is 5.21 Å². The molecule has 0 fully saturated rings. The van der Waals surface area contributed by atoms with Crippen molar-refractivity contribution in [1.29, 1.82) is 0 Å². The molecule has 0 saturated heterocycles. The van der Waals surface area contributed by atoms with Crippen LogP contribution >= 0.6 is 0 Å². The number of carbonyl (C=O) groups excluding carboxylic acids is 2. The molecule has 21 heavy (non-hydrogen) atoms. The van der Waals surface area contributed by atoms with E-state index in [1.807, 2.05) is 31.1 Å². The van der Waals surface area contributed by atoms with Crippen LogP contribution in [0.5, 0.6) is 0 Å². The fourth-order valence-electron chi connectivity index (χ4n) is 1.69. The molecule has 0 bridgehead atoms. The molecule has 2 N–H and O–H groups in total. The Morgan fingerprint density at radius 2 is 1.81 bits per heavy atom.